The van der Waals surface area contributed by atoms with E-state index in [0.29, 0.717) is 26.1 Å². The lowest BCUT2D eigenvalue weighted by molar-refractivity contribution is -0.163. The Morgan fingerprint density at radius 3 is 0.944 bits per heavy atom. The summed E-state index contributed by atoms with van der Waals surface area (Å²) >= 11 is 0. The van der Waals surface area contributed by atoms with Crippen molar-refractivity contribution in [2.45, 2.75) is 284 Å². The van der Waals surface area contributed by atoms with E-state index in [1.54, 1.807) is 0 Å². The van der Waals surface area contributed by atoms with Crippen molar-refractivity contribution < 1.29 is 23.8 Å². The first-order valence-electron chi connectivity index (χ1n) is 24.6. The molecule has 0 aliphatic rings. The van der Waals surface area contributed by atoms with Crippen LogP contribution in [0.5, 0.6) is 0 Å². The molecule has 0 saturated carbocycles. The fraction of sp³-hybridized carbons (Fsp3) is 0.959. The lowest BCUT2D eigenvalue weighted by Gasteiger charge is -2.18. The van der Waals surface area contributed by atoms with Gasteiger partial charge in [0.25, 0.3) is 0 Å². The summed E-state index contributed by atoms with van der Waals surface area (Å²) in [5.74, 6) is -0.377. The molecular formula is C49H96O5. The van der Waals surface area contributed by atoms with E-state index < -0.39 is 6.10 Å². The minimum Gasteiger partial charge on any atom is -0.462 e. The number of unbranched alkanes of at least 4 members (excludes halogenated alkanes) is 35. The summed E-state index contributed by atoms with van der Waals surface area (Å²) in [7, 11) is 0. The van der Waals surface area contributed by atoms with Crippen molar-refractivity contribution in [3.05, 3.63) is 0 Å². The van der Waals surface area contributed by atoms with Crippen LogP contribution in [0.1, 0.15) is 278 Å². The Kier molecular flexibility index (Phi) is 45.3. The Morgan fingerprint density at radius 1 is 0.333 bits per heavy atom. The van der Waals surface area contributed by atoms with E-state index in [0.717, 1.165) is 32.1 Å². The fourth-order valence-electron chi connectivity index (χ4n) is 7.45. The molecule has 5 nitrogen and oxygen atoms in total. The van der Waals surface area contributed by atoms with Gasteiger partial charge in [-0.25, -0.2) is 0 Å². The second kappa shape index (κ2) is 46.3. The van der Waals surface area contributed by atoms with Crippen molar-refractivity contribution in [2.75, 3.05) is 19.8 Å². The van der Waals surface area contributed by atoms with Gasteiger partial charge in [-0.1, -0.05) is 245 Å². The maximum absolute atomic E-state index is 12.7. The Balaban J connectivity index is 4.13. The van der Waals surface area contributed by atoms with Gasteiger partial charge in [0.2, 0.25) is 0 Å². The Morgan fingerprint density at radius 2 is 0.611 bits per heavy atom. The number of carbonyl (C=O) groups is 2. The standard InChI is InChI=1S/C49H96O5/c1-4-7-10-13-16-19-21-23-25-26-28-31-33-36-39-42-48(50)53-46-47(54-49(51)43-40-37-34-30-18-15-12-9-6-3)45-52-44-41-38-35-32-29-27-24-22-20-17-14-11-8-5-2/h47H,4-46H2,1-3H3. The van der Waals surface area contributed by atoms with Crippen LogP contribution in [0.4, 0.5) is 0 Å². The van der Waals surface area contributed by atoms with Gasteiger partial charge in [-0.3, -0.25) is 9.59 Å². The van der Waals surface area contributed by atoms with Crippen molar-refractivity contribution >= 4 is 11.9 Å². The molecule has 1 unspecified atom stereocenters. The first-order valence-corrected chi connectivity index (χ1v) is 24.6. The van der Waals surface area contributed by atoms with Gasteiger partial charge in [0.1, 0.15) is 6.61 Å². The fourth-order valence-corrected chi connectivity index (χ4v) is 7.45. The average Bonchev–Trinajstić information content (AvgIpc) is 3.17. The lowest BCUT2D eigenvalue weighted by atomic mass is 10.0. The molecule has 0 saturated heterocycles. The van der Waals surface area contributed by atoms with Crippen LogP contribution in [0.2, 0.25) is 0 Å². The minimum absolute atomic E-state index is 0.0970. The van der Waals surface area contributed by atoms with Gasteiger partial charge in [-0.15, -0.1) is 0 Å². The van der Waals surface area contributed by atoms with Gasteiger partial charge in [0.15, 0.2) is 6.10 Å². The van der Waals surface area contributed by atoms with Crippen LogP contribution in [0, 0.1) is 0 Å². The molecule has 0 spiro atoms. The third-order valence-corrected chi connectivity index (χ3v) is 11.1. The molecule has 0 rings (SSSR count). The highest BCUT2D eigenvalue weighted by Gasteiger charge is 2.17. The minimum atomic E-state index is -0.521. The third kappa shape index (κ3) is 43.6. The molecule has 322 valence electrons. The highest BCUT2D eigenvalue weighted by molar-refractivity contribution is 5.70. The van der Waals surface area contributed by atoms with Crippen molar-refractivity contribution in [3.63, 3.8) is 0 Å². The second-order valence-electron chi connectivity index (χ2n) is 16.7. The van der Waals surface area contributed by atoms with Crippen LogP contribution in [0.15, 0.2) is 0 Å². The quantitative estimate of drug-likeness (QED) is 0.0456. The molecule has 0 aromatic carbocycles. The molecule has 0 N–H and O–H groups in total. The predicted molar refractivity (Wildman–Crippen MR) is 233 cm³/mol. The summed E-state index contributed by atoms with van der Waals surface area (Å²) in [6, 6.07) is 0. The van der Waals surface area contributed by atoms with E-state index in [-0.39, 0.29) is 18.5 Å². The zero-order valence-electron chi connectivity index (χ0n) is 37.0. The van der Waals surface area contributed by atoms with Gasteiger partial charge in [0.05, 0.1) is 6.61 Å². The van der Waals surface area contributed by atoms with E-state index in [9.17, 15) is 9.59 Å². The van der Waals surface area contributed by atoms with Crippen molar-refractivity contribution in [1.29, 1.82) is 0 Å². The number of hydrogen-bond acceptors (Lipinski definition) is 5. The molecule has 0 radical (unpaired) electrons. The summed E-state index contributed by atoms with van der Waals surface area (Å²) in [5, 5.41) is 0. The summed E-state index contributed by atoms with van der Waals surface area (Å²) in [5.41, 5.74) is 0. The topological polar surface area (TPSA) is 61.8 Å². The zero-order chi connectivity index (χ0) is 39.3. The SMILES string of the molecule is CCCCCCCCCCCCCCCCCC(=O)OCC(COCCCCCCCCCCCCCCCC)OC(=O)CCCCCCCCCCC. The molecule has 0 bridgehead atoms. The number of hydrogen-bond donors (Lipinski definition) is 0. The predicted octanol–water partition coefficient (Wildman–Crippen LogP) is 16.1. The highest BCUT2D eigenvalue weighted by atomic mass is 16.6. The monoisotopic (exact) mass is 765 g/mol. The molecule has 0 aliphatic heterocycles. The Labute approximate surface area is 338 Å². The lowest BCUT2D eigenvalue weighted by Crippen LogP contribution is -2.30. The first-order chi connectivity index (χ1) is 26.6. The van der Waals surface area contributed by atoms with Gasteiger partial charge < -0.3 is 14.2 Å². The number of ether oxygens (including phenoxy) is 3. The van der Waals surface area contributed by atoms with E-state index >= 15 is 0 Å². The van der Waals surface area contributed by atoms with Crippen LogP contribution in [-0.4, -0.2) is 37.9 Å². The summed E-state index contributed by atoms with van der Waals surface area (Å²) in [6.45, 7) is 7.88. The van der Waals surface area contributed by atoms with Crippen molar-refractivity contribution in [2.24, 2.45) is 0 Å². The maximum atomic E-state index is 12.7. The van der Waals surface area contributed by atoms with Crippen LogP contribution < -0.4 is 0 Å². The van der Waals surface area contributed by atoms with Gasteiger partial charge in [-0.05, 0) is 19.3 Å². The maximum Gasteiger partial charge on any atom is 0.306 e. The molecule has 0 fully saturated rings. The Hall–Kier alpha value is -1.10. The highest BCUT2D eigenvalue weighted by Crippen LogP contribution is 2.16. The first kappa shape index (κ1) is 52.9. The van der Waals surface area contributed by atoms with Crippen LogP contribution in [0.3, 0.4) is 0 Å². The molecule has 0 heterocycles. The van der Waals surface area contributed by atoms with Gasteiger partial charge >= 0.3 is 11.9 Å². The largest absolute Gasteiger partial charge is 0.462 e. The molecule has 1 atom stereocenters. The van der Waals surface area contributed by atoms with Crippen LogP contribution in [-0.2, 0) is 23.8 Å². The van der Waals surface area contributed by atoms with Crippen LogP contribution >= 0.6 is 0 Å². The third-order valence-electron chi connectivity index (χ3n) is 11.1. The molecule has 0 amide bonds. The van der Waals surface area contributed by atoms with E-state index in [4.69, 9.17) is 14.2 Å². The molecule has 0 aromatic heterocycles. The summed E-state index contributed by atoms with van der Waals surface area (Å²) in [4.78, 5) is 25.2. The van der Waals surface area contributed by atoms with Gasteiger partial charge in [0, 0.05) is 19.4 Å². The second-order valence-corrected chi connectivity index (χ2v) is 16.7. The number of carbonyl (C=O) groups excluding carboxylic acids is 2. The molecule has 54 heavy (non-hydrogen) atoms. The number of rotatable bonds is 46. The number of esters is 2. The van der Waals surface area contributed by atoms with E-state index in [1.165, 1.54) is 212 Å². The summed E-state index contributed by atoms with van der Waals surface area (Å²) in [6.07, 6.45) is 49.6. The van der Waals surface area contributed by atoms with Gasteiger partial charge in [-0.2, -0.15) is 0 Å². The zero-order valence-corrected chi connectivity index (χ0v) is 37.0. The smallest absolute Gasteiger partial charge is 0.306 e. The molecule has 0 aromatic rings. The normalized spacial score (nSPS) is 12.0. The molecule has 5 heteroatoms. The average molecular weight is 765 g/mol. The van der Waals surface area contributed by atoms with E-state index in [2.05, 4.69) is 20.8 Å². The van der Waals surface area contributed by atoms with Crippen molar-refractivity contribution in [1.82, 2.24) is 0 Å². The van der Waals surface area contributed by atoms with Crippen molar-refractivity contribution in [3.8, 4) is 0 Å². The van der Waals surface area contributed by atoms with Crippen LogP contribution in [0.25, 0.3) is 0 Å². The van der Waals surface area contributed by atoms with E-state index in [1.807, 2.05) is 0 Å². The molecule has 0 aliphatic carbocycles. The molecular weight excluding hydrogens is 669 g/mol. The summed E-state index contributed by atoms with van der Waals surface area (Å²) < 4.78 is 17.3. The Bertz CT molecular complexity index is 740.